The molecule has 1 aliphatic carbocycles. The zero-order chi connectivity index (χ0) is 12.6. The number of hydrogen-bond donors (Lipinski definition) is 1. The molecular weight excluding hydrogens is 216 g/mol. The summed E-state index contributed by atoms with van der Waals surface area (Å²) in [5, 5.41) is 9.88. The van der Waals surface area contributed by atoms with Gasteiger partial charge in [0.2, 0.25) is 0 Å². The predicted octanol–water partition coefficient (Wildman–Crippen LogP) is 3.05. The van der Waals surface area contributed by atoms with Gasteiger partial charge in [0, 0.05) is 5.56 Å². The van der Waals surface area contributed by atoms with Gasteiger partial charge in [-0.15, -0.1) is 0 Å². The summed E-state index contributed by atoms with van der Waals surface area (Å²) in [4.78, 5) is 11.4. The first-order valence-corrected chi connectivity index (χ1v) is 5.58. The lowest BCUT2D eigenvalue weighted by atomic mass is 9.75. The number of allylic oxidation sites excluding steroid dienone is 1. The summed E-state index contributed by atoms with van der Waals surface area (Å²) in [6.45, 7) is 4.24. The molecule has 0 bridgehead atoms. The summed E-state index contributed by atoms with van der Waals surface area (Å²) >= 11 is 0. The van der Waals surface area contributed by atoms with Crippen molar-refractivity contribution in [2.45, 2.75) is 25.7 Å². The van der Waals surface area contributed by atoms with Crippen molar-refractivity contribution in [3.63, 3.8) is 0 Å². The maximum atomic E-state index is 11.4. The maximum absolute atomic E-state index is 11.4. The Morgan fingerprint density at radius 1 is 1.41 bits per heavy atom. The van der Waals surface area contributed by atoms with Crippen LogP contribution in [0.4, 0.5) is 0 Å². The maximum Gasteiger partial charge on any atom is 0.337 e. The van der Waals surface area contributed by atoms with Crippen molar-refractivity contribution >= 4 is 11.7 Å². The monoisotopic (exact) mass is 232 g/mol. The van der Waals surface area contributed by atoms with E-state index in [1.54, 1.807) is 18.2 Å². The smallest absolute Gasteiger partial charge is 0.337 e. The Bertz CT molecular complexity index is 498. The van der Waals surface area contributed by atoms with Gasteiger partial charge in [-0.05, 0) is 35.6 Å². The average Bonchev–Trinajstić information content (AvgIpc) is 2.33. The van der Waals surface area contributed by atoms with Crippen LogP contribution in [0.3, 0.4) is 0 Å². The molecule has 0 saturated carbocycles. The first kappa shape index (κ1) is 11.7. The summed E-state index contributed by atoms with van der Waals surface area (Å²) in [5.41, 5.74) is 2.23. The summed E-state index contributed by atoms with van der Waals surface area (Å²) in [5.74, 6) is -0.144. The average molecular weight is 232 g/mol. The SMILES string of the molecule is COC(=O)c1ccc2c(c1)C(O)=CCC2(C)C. The molecule has 1 N–H and O–H groups in total. The van der Waals surface area contributed by atoms with Gasteiger partial charge < -0.3 is 9.84 Å². The Kier molecular flexibility index (Phi) is 2.69. The van der Waals surface area contributed by atoms with Crippen molar-refractivity contribution in [3.05, 3.63) is 41.0 Å². The van der Waals surface area contributed by atoms with Gasteiger partial charge in [-0.1, -0.05) is 19.9 Å². The number of fused-ring (bicyclic) bond motifs is 1. The third kappa shape index (κ3) is 1.93. The summed E-state index contributed by atoms with van der Waals surface area (Å²) in [7, 11) is 1.35. The number of aliphatic hydroxyl groups excluding tert-OH is 1. The molecule has 0 spiro atoms. The van der Waals surface area contributed by atoms with E-state index >= 15 is 0 Å². The molecule has 3 heteroatoms. The van der Waals surface area contributed by atoms with Gasteiger partial charge in [-0.25, -0.2) is 4.79 Å². The fraction of sp³-hybridized carbons (Fsp3) is 0.357. The molecule has 17 heavy (non-hydrogen) atoms. The largest absolute Gasteiger partial charge is 0.508 e. The van der Waals surface area contributed by atoms with E-state index in [0.29, 0.717) is 5.56 Å². The van der Waals surface area contributed by atoms with Crippen molar-refractivity contribution in [2.75, 3.05) is 7.11 Å². The van der Waals surface area contributed by atoms with E-state index < -0.39 is 0 Å². The zero-order valence-electron chi connectivity index (χ0n) is 10.3. The molecule has 0 heterocycles. The minimum atomic E-state index is -0.385. The topological polar surface area (TPSA) is 46.5 Å². The third-order valence-corrected chi connectivity index (χ3v) is 3.25. The lowest BCUT2D eigenvalue weighted by Crippen LogP contribution is -2.22. The van der Waals surface area contributed by atoms with Crippen LogP contribution in [0.25, 0.3) is 5.76 Å². The molecule has 0 radical (unpaired) electrons. The molecular formula is C14H16O3. The second-order valence-electron chi connectivity index (χ2n) is 4.93. The number of carbonyl (C=O) groups excluding carboxylic acids is 1. The lowest BCUT2D eigenvalue weighted by Gasteiger charge is -2.30. The molecule has 0 aliphatic heterocycles. The highest BCUT2D eigenvalue weighted by Gasteiger charge is 2.28. The minimum Gasteiger partial charge on any atom is -0.508 e. The van der Waals surface area contributed by atoms with Crippen LogP contribution in [0, 0.1) is 0 Å². The molecule has 0 unspecified atom stereocenters. The number of carbonyl (C=O) groups is 1. The van der Waals surface area contributed by atoms with Gasteiger partial charge >= 0.3 is 5.97 Å². The fourth-order valence-electron chi connectivity index (χ4n) is 2.16. The van der Waals surface area contributed by atoms with E-state index in [0.717, 1.165) is 17.5 Å². The highest BCUT2D eigenvalue weighted by Crippen LogP contribution is 2.38. The standard InChI is InChI=1S/C14H16O3/c1-14(2)7-6-12(15)10-8-9(13(16)17-3)4-5-11(10)14/h4-6,8,15H,7H2,1-3H3. The van der Waals surface area contributed by atoms with E-state index in [2.05, 4.69) is 18.6 Å². The van der Waals surface area contributed by atoms with Crippen molar-refractivity contribution in [2.24, 2.45) is 0 Å². The van der Waals surface area contributed by atoms with Crippen LogP contribution in [0.1, 0.15) is 41.8 Å². The van der Waals surface area contributed by atoms with Crippen LogP contribution < -0.4 is 0 Å². The van der Waals surface area contributed by atoms with Crippen molar-refractivity contribution < 1.29 is 14.6 Å². The zero-order valence-corrected chi connectivity index (χ0v) is 10.3. The van der Waals surface area contributed by atoms with Gasteiger partial charge in [0.1, 0.15) is 5.76 Å². The summed E-state index contributed by atoms with van der Waals surface area (Å²) < 4.78 is 4.67. The molecule has 1 aliphatic rings. The molecule has 0 saturated heterocycles. The normalized spacial score (nSPS) is 17.0. The second kappa shape index (κ2) is 3.91. The Hall–Kier alpha value is -1.77. The van der Waals surface area contributed by atoms with E-state index in [-0.39, 0.29) is 17.1 Å². The minimum absolute atomic E-state index is 0.0176. The van der Waals surface area contributed by atoms with Gasteiger partial charge in [-0.2, -0.15) is 0 Å². The highest BCUT2D eigenvalue weighted by atomic mass is 16.5. The molecule has 0 fully saturated rings. The fourth-order valence-corrected chi connectivity index (χ4v) is 2.16. The number of ether oxygens (including phenoxy) is 1. The van der Waals surface area contributed by atoms with Crippen molar-refractivity contribution in [1.29, 1.82) is 0 Å². The van der Waals surface area contributed by atoms with Crippen molar-refractivity contribution in [1.82, 2.24) is 0 Å². The van der Waals surface area contributed by atoms with E-state index in [9.17, 15) is 9.90 Å². The van der Waals surface area contributed by atoms with Gasteiger partial charge in [0.25, 0.3) is 0 Å². The number of methoxy groups -OCH3 is 1. The Morgan fingerprint density at radius 2 is 2.12 bits per heavy atom. The lowest BCUT2D eigenvalue weighted by molar-refractivity contribution is 0.0600. The van der Waals surface area contributed by atoms with Crippen LogP contribution in [0.2, 0.25) is 0 Å². The van der Waals surface area contributed by atoms with Gasteiger partial charge in [0.15, 0.2) is 0 Å². The summed E-state index contributed by atoms with van der Waals surface area (Å²) in [6.07, 6.45) is 2.59. The molecule has 1 aromatic rings. The predicted molar refractivity (Wildman–Crippen MR) is 66.0 cm³/mol. The number of aliphatic hydroxyl groups is 1. The first-order valence-electron chi connectivity index (χ1n) is 5.58. The van der Waals surface area contributed by atoms with Crippen molar-refractivity contribution in [3.8, 4) is 0 Å². The quantitative estimate of drug-likeness (QED) is 0.757. The molecule has 3 nitrogen and oxygen atoms in total. The highest BCUT2D eigenvalue weighted by molar-refractivity contribution is 5.90. The van der Waals surface area contributed by atoms with E-state index in [1.807, 2.05) is 6.07 Å². The van der Waals surface area contributed by atoms with Crippen LogP contribution in [0.5, 0.6) is 0 Å². The third-order valence-electron chi connectivity index (χ3n) is 3.25. The number of benzene rings is 1. The Balaban J connectivity index is 2.56. The van der Waals surface area contributed by atoms with Crippen LogP contribution in [-0.2, 0) is 10.2 Å². The van der Waals surface area contributed by atoms with E-state index in [4.69, 9.17) is 0 Å². The summed E-state index contributed by atoms with van der Waals surface area (Å²) in [6, 6.07) is 5.32. The second-order valence-corrected chi connectivity index (χ2v) is 4.93. The van der Waals surface area contributed by atoms with E-state index in [1.165, 1.54) is 7.11 Å². The molecule has 1 aromatic carbocycles. The number of esters is 1. The number of hydrogen-bond acceptors (Lipinski definition) is 3. The molecule has 0 aromatic heterocycles. The van der Waals surface area contributed by atoms with Crippen LogP contribution in [-0.4, -0.2) is 18.2 Å². The molecule has 2 rings (SSSR count). The van der Waals surface area contributed by atoms with Crippen LogP contribution in [0.15, 0.2) is 24.3 Å². The van der Waals surface area contributed by atoms with Gasteiger partial charge in [0.05, 0.1) is 12.7 Å². The number of rotatable bonds is 1. The van der Waals surface area contributed by atoms with Gasteiger partial charge in [-0.3, -0.25) is 0 Å². The first-order chi connectivity index (χ1) is 7.95. The Morgan fingerprint density at radius 3 is 2.76 bits per heavy atom. The molecule has 0 amide bonds. The molecule has 0 atom stereocenters. The van der Waals surface area contributed by atoms with Crippen LogP contribution >= 0.6 is 0 Å². The Labute approximate surface area is 101 Å². The molecule has 90 valence electrons.